The van der Waals surface area contributed by atoms with E-state index in [-0.39, 0.29) is 12.3 Å². The van der Waals surface area contributed by atoms with Crippen LogP contribution in [0.25, 0.3) is 0 Å². The molecule has 1 aromatic rings. The van der Waals surface area contributed by atoms with Gasteiger partial charge in [0.15, 0.2) is 11.5 Å². The Morgan fingerprint density at radius 2 is 2.05 bits per heavy atom. The van der Waals surface area contributed by atoms with Gasteiger partial charge in [-0.05, 0) is 64.7 Å². The fourth-order valence-electron chi connectivity index (χ4n) is 3.04. The third-order valence-corrected chi connectivity index (χ3v) is 4.83. The molecule has 5 heteroatoms. The topological polar surface area (TPSA) is 55.8 Å². The molecule has 1 heterocycles. The lowest BCUT2D eigenvalue weighted by Gasteiger charge is -2.21. The highest BCUT2D eigenvalue weighted by atomic mass is 79.9. The van der Waals surface area contributed by atoms with E-state index in [2.05, 4.69) is 15.9 Å². The summed E-state index contributed by atoms with van der Waals surface area (Å²) in [5, 5.41) is 9.20. The molecule has 0 bridgehead atoms. The van der Waals surface area contributed by atoms with Crippen molar-refractivity contribution in [3.8, 4) is 11.5 Å². The summed E-state index contributed by atoms with van der Waals surface area (Å²) >= 11 is 3.55. The van der Waals surface area contributed by atoms with Crippen molar-refractivity contribution in [3.05, 3.63) is 21.7 Å². The lowest BCUT2D eigenvalue weighted by Crippen LogP contribution is -2.11. The van der Waals surface area contributed by atoms with Crippen LogP contribution in [0, 0.1) is 12.8 Å². The van der Waals surface area contributed by atoms with Crippen molar-refractivity contribution in [2.45, 2.75) is 38.5 Å². The summed E-state index contributed by atoms with van der Waals surface area (Å²) in [6, 6.07) is 2.02. The van der Waals surface area contributed by atoms with Crippen molar-refractivity contribution in [2.24, 2.45) is 5.92 Å². The van der Waals surface area contributed by atoms with Crippen LogP contribution in [0.4, 0.5) is 0 Å². The number of carboxylic acid groups (broad SMARTS) is 1. The summed E-state index contributed by atoms with van der Waals surface area (Å²) in [4.78, 5) is 11.2. The second-order valence-corrected chi connectivity index (χ2v) is 6.68. The molecule has 0 saturated heterocycles. The maximum absolute atomic E-state index is 11.2. The van der Waals surface area contributed by atoms with E-state index in [0.717, 1.165) is 46.4 Å². The van der Waals surface area contributed by atoms with E-state index in [1.54, 1.807) is 0 Å². The molecule has 0 aromatic heterocycles. The fraction of sp³-hybridized carbons (Fsp3) is 0.562. The summed E-state index contributed by atoms with van der Waals surface area (Å²) in [6.45, 7) is 3.29. The molecule has 1 N–H and O–H groups in total. The SMILES string of the molecule is Cc1c(C(CC(=O)O)C2CC2)cc(Br)c2c1OCCCO2. The van der Waals surface area contributed by atoms with Gasteiger partial charge in [0.2, 0.25) is 0 Å². The number of fused-ring (bicyclic) bond motifs is 1. The second kappa shape index (κ2) is 5.87. The van der Waals surface area contributed by atoms with E-state index in [1.807, 2.05) is 13.0 Å². The van der Waals surface area contributed by atoms with E-state index >= 15 is 0 Å². The summed E-state index contributed by atoms with van der Waals surface area (Å²) < 4.78 is 12.5. The van der Waals surface area contributed by atoms with Gasteiger partial charge in [0.25, 0.3) is 0 Å². The second-order valence-electron chi connectivity index (χ2n) is 5.82. The molecule has 1 atom stereocenters. The van der Waals surface area contributed by atoms with Crippen molar-refractivity contribution in [1.82, 2.24) is 0 Å². The molecule has 0 spiro atoms. The highest BCUT2D eigenvalue weighted by molar-refractivity contribution is 9.10. The number of hydrogen-bond acceptors (Lipinski definition) is 3. The minimum absolute atomic E-state index is 0.0657. The molecule has 3 rings (SSSR count). The summed E-state index contributed by atoms with van der Waals surface area (Å²) in [5.41, 5.74) is 2.10. The van der Waals surface area contributed by atoms with E-state index in [0.29, 0.717) is 19.1 Å². The average molecular weight is 355 g/mol. The third-order valence-electron chi connectivity index (χ3n) is 4.25. The highest BCUT2D eigenvalue weighted by Gasteiger charge is 2.36. The van der Waals surface area contributed by atoms with Gasteiger partial charge in [-0.15, -0.1) is 0 Å². The van der Waals surface area contributed by atoms with Gasteiger partial charge in [-0.3, -0.25) is 4.79 Å². The Labute approximate surface area is 132 Å². The van der Waals surface area contributed by atoms with Gasteiger partial charge < -0.3 is 14.6 Å². The first-order valence-corrected chi connectivity index (χ1v) is 8.17. The molecule has 1 aliphatic heterocycles. The van der Waals surface area contributed by atoms with Crippen molar-refractivity contribution in [1.29, 1.82) is 0 Å². The first-order valence-electron chi connectivity index (χ1n) is 7.38. The van der Waals surface area contributed by atoms with Crippen LogP contribution in [0.3, 0.4) is 0 Å². The Morgan fingerprint density at radius 3 is 2.67 bits per heavy atom. The van der Waals surface area contributed by atoms with Crippen LogP contribution in [0.2, 0.25) is 0 Å². The smallest absolute Gasteiger partial charge is 0.303 e. The molecule has 1 fully saturated rings. The van der Waals surface area contributed by atoms with Gasteiger partial charge in [0.05, 0.1) is 24.1 Å². The van der Waals surface area contributed by atoms with Crippen LogP contribution >= 0.6 is 15.9 Å². The van der Waals surface area contributed by atoms with Gasteiger partial charge in [-0.2, -0.15) is 0 Å². The Bertz CT molecular complexity index is 566. The number of hydrogen-bond donors (Lipinski definition) is 1. The molecule has 21 heavy (non-hydrogen) atoms. The van der Waals surface area contributed by atoms with Crippen LogP contribution < -0.4 is 9.47 Å². The Morgan fingerprint density at radius 1 is 1.38 bits per heavy atom. The number of carbonyl (C=O) groups is 1. The van der Waals surface area contributed by atoms with Gasteiger partial charge in [0, 0.05) is 6.42 Å². The minimum atomic E-state index is -0.741. The monoisotopic (exact) mass is 354 g/mol. The van der Waals surface area contributed by atoms with Gasteiger partial charge in [0.1, 0.15) is 0 Å². The number of halogens is 1. The molecule has 114 valence electrons. The summed E-state index contributed by atoms with van der Waals surface area (Å²) in [7, 11) is 0. The van der Waals surface area contributed by atoms with Crippen molar-refractivity contribution in [3.63, 3.8) is 0 Å². The Hall–Kier alpha value is -1.23. The molecule has 1 aliphatic carbocycles. The van der Waals surface area contributed by atoms with E-state index in [4.69, 9.17) is 9.47 Å². The number of rotatable bonds is 4. The maximum Gasteiger partial charge on any atom is 0.303 e. The zero-order chi connectivity index (χ0) is 15.0. The van der Waals surface area contributed by atoms with Crippen LogP contribution in [-0.4, -0.2) is 24.3 Å². The Kier molecular flexibility index (Phi) is 4.11. The molecule has 1 aromatic carbocycles. The number of aliphatic carboxylic acids is 1. The quantitative estimate of drug-likeness (QED) is 0.890. The Balaban J connectivity index is 2.03. The molecular weight excluding hydrogens is 336 g/mol. The van der Waals surface area contributed by atoms with Gasteiger partial charge in [-0.1, -0.05) is 0 Å². The highest BCUT2D eigenvalue weighted by Crippen LogP contribution is 2.50. The largest absolute Gasteiger partial charge is 0.489 e. The van der Waals surface area contributed by atoms with E-state index < -0.39 is 5.97 Å². The number of benzene rings is 1. The molecule has 0 amide bonds. The van der Waals surface area contributed by atoms with Crippen LogP contribution in [0.5, 0.6) is 11.5 Å². The first-order chi connectivity index (χ1) is 10.1. The van der Waals surface area contributed by atoms with Crippen LogP contribution in [0.15, 0.2) is 10.5 Å². The van der Waals surface area contributed by atoms with Crippen molar-refractivity contribution < 1.29 is 19.4 Å². The standard InChI is InChI=1S/C16H19BrO4/c1-9-11(12(8-14(18)19)10-3-4-10)7-13(17)16-15(9)20-5-2-6-21-16/h7,10,12H,2-6,8H2,1H3,(H,18,19). The van der Waals surface area contributed by atoms with E-state index in [9.17, 15) is 9.90 Å². The fourth-order valence-corrected chi connectivity index (χ4v) is 3.58. The number of carboxylic acids is 1. The molecule has 0 radical (unpaired) electrons. The summed E-state index contributed by atoms with van der Waals surface area (Å²) in [5.74, 6) is 1.33. The van der Waals surface area contributed by atoms with Crippen LogP contribution in [-0.2, 0) is 4.79 Å². The molecule has 1 unspecified atom stereocenters. The van der Waals surface area contributed by atoms with Gasteiger partial charge >= 0.3 is 5.97 Å². The molecule has 4 nitrogen and oxygen atoms in total. The first kappa shape index (κ1) is 14.7. The predicted octanol–water partition coefficient (Wildman–Crippen LogP) is 3.89. The molecular formula is C16H19BrO4. The molecule has 2 aliphatic rings. The molecule has 1 saturated carbocycles. The number of ether oxygens (including phenoxy) is 2. The zero-order valence-electron chi connectivity index (χ0n) is 12.0. The third kappa shape index (κ3) is 3.03. The van der Waals surface area contributed by atoms with Gasteiger partial charge in [-0.25, -0.2) is 0 Å². The summed E-state index contributed by atoms with van der Waals surface area (Å²) in [6.07, 6.45) is 3.27. The lowest BCUT2D eigenvalue weighted by atomic mass is 9.87. The minimum Gasteiger partial charge on any atom is -0.489 e. The van der Waals surface area contributed by atoms with Crippen molar-refractivity contribution >= 4 is 21.9 Å². The van der Waals surface area contributed by atoms with Crippen molar-refractivity contribution in [2.75, 3.05) is 13.2 Å². The maximum atomic E-state index is 11.2. The zero-order valence-corrected chi connectivity index (χ0v) is 13.6. The average Bonchev–Trinajstić information content (AvgIpc) is 3.25. The predicted molar refractivity (Wildman–Crippen MR) is 82.2 cm³/mol. The van der Waals surface area contributed by atoms with Crippen LogP contribution in [0.1, 0.15) is 42.7 Å². The lowest BCUT2D eigenvalue weighted by molar-refractivity contribution is -0.137. The normalized spacial score (nSPS) is 19.0. The van der Waals surface area contributed by atoms with E-state index in [1.165, 1.54) is 0 Å².